The average Bonchev–Trinajstić information content (AvgIpc) is 2.48. The van der Waals surface area contributed by atoms with Crippen molar-refractivity contribution in [2.45, 2.75) is 6.04 Å². The predicted octanol–water partition coefficient (Wildman–Crippen LogP) is 3.42. The van der Waals surface area contributed by atoms with Crippen LogP contribution in [0.25, 0.3) is 0 Å². The Balaban J connectivity index is 2.01. The molecule has 0 saturated carbocycles. The summed E-state index contributed by atoms with van der Waals surface area (Å²) < 4.78 is 0. The van der Waals surface area contributed by atoms with Gasteiger partial charge in [0.05, 0.1) is 15.6 Å². The van der Waals surface area contributed by atoms with Crippen LogP contribution in [0.2, 0.25) is 10.0 Å². The third kappa shape index (κ3) is 3.51. The van der Waals surface area contributed by atoms with Gasteiger partial charge in [-0.1, -0.05) is 59.6 Å². The van der Waals surface area contributed by atoms with Crippen molar-refractivity contribution in [1.82, 2.24) is 5.32 Å². The van der Waals surface area contributed by atoms with Crippen LogP contribution < -0.4 is 11.1 Å². The van der Waals surface area contributed by atoms with Gasteiger partial charge in [0, 0.05) is 12.6 Å². The fraction of sp³-hybridized carbons (Fsp3) is 0.133. The van der Waals surface area contributed by atoms with Crippen LogP contribution in [0.15, 0.2) is 48.5 Å². The summed E-state index contributed by atoms with van der Waals surface area (Å²) in [6.45, 7) is 0.325. The Morgan fingerprint density at radius 3 is 2.50 bits per heavy atom. The van der Waals surface area contributed by atoms with Crippen LogP contribution >= 0.6 is 23.2 Å². The van der Waals surface area contributed by atoms with E-state index in [4.69, 9.17) is 28.9 Å². The molecule has 0 saturated heterocycles. The molecule has 3 nitrogen and oxygen atoms in total. The number of nitrogens with two attached hydrogens (primary N) is 1. The molecule has 20 heavy (non-hydrogen) atoms. The van der Waals surface area contributed by atoms with E-state index >= 15 is 0 Å². The second-order valence-corrected chi connectivity index (χ2v) is 5.11. The number of hydrogen-bond donors (Lipinski definition) is 2. The molecular weight excluding hydrogens is 295 g/mol. The lowest BCUT2D eigenvalue weighted by molar-refractivity contribution is 0.0951. The molecule has 104 valence electrons. The first-order valence-corrected chi connectivity index (χ1v) is 6.88. The maximum absolute atomic E-state index is 12.0. The molecule has 5 heteroatoms. The second-order valence-electron chi connectivity index (χ2n) is 4.33. The lowest BCUT2D eigenvalue weighted by Gasteiger charge is -2.13. The van der Waals surface area contributed by atoms with Crippen molar-refractivity contribution in [3.63, 3.8) is 0 Å². The molecule has 1 amide bonds. The Labute approximate surface area is 127 Å². The first kappa shape index (κ1) is 14.9. The average molecular weight is 309 g/mol. The summed E-state index contributed by atoms with van der Waals surface area (Å²) in [7, 11) is 0. The summed E-state index contributed by atoms with van der Waals surface area (Å²) in [6, 6.07) is 14.2. The Morgan fingerprint density at radius 2 is 1.80 bits per heavy atom. The summed E-state index contributed by atoms with van der Waals surface area (Å²) in [6.07, 6.45) is 0. The van der Waals surface area contributed by atoms with Crippen molar-refractivity contribution >= 4 is 29.1 Å². The normalized spacial score (nSPS) is 11.9. The summed E-state index contributed by atoms with van der Waals surface area (Å²) in [5.74, 6) is -0.288. The van der Waals surface area contributed by atoms with Gasteiger partial charge in [0.1, 0.15) is 0 Å². The van der Waals surface area contributed by atoms with Crippen LogP contribution in [0.5, 0.6) is 0 Å². The van der Waals surface area contributed by atoms with E-state index in [9.17, 15) is 4.79 Å². The summed E-state index contributed by atoms with van der Waals surface area (Å²) >= 11 is 11.9. The fourth-order valence-corrected chi connectivity index (χ4v) is 2.18. The van der Waals surface area contributed by atoms with E-state index in [-0.39, 0.29) is 17.0 Å². The van der Waals surface area contributed by atoms with Gasteiger partial charge in [0.2, 0.25) is 0 Å². The third-order valence-electron chi connectivity index (χ3n) is 2.91. The fourth-order valence-electron chi connectivity index (χ4n) is 1.80. The monoisotopic (exact) mass is 308 g/mol. The largest absolute Gasteiger partial charge is 0.350 e. The molecule has 3 N–H and O–H groups in total. The van der Waals surface area contributed by atoms with E-state index in [1.807, 2.05) is 30.3 Å². The van der Waals surface area contributed by atoms with Gasteiger partial charge in [-0.25, -0.2) is 0 Å². The smallest absolute Gasteiger partial charge is 0.252 e. The summed E-state index contributed by atoms with van der Waals surface area (Å²) in [4.78, 5) is 12.0. The number of halogens is 2. The van der Waals surface area contributed by atoms with Gasteiger partial charge < -0.3 is 11.1 Å². The van der Waals surface area contributed by atoms with Crippen LogP contribution in [0, 0.1) is 0 Å². The molecule has 0 bridgehead atoms. The Kier molecular flexibility index (Phi) is 5.01. The lowest BCUT2D eigenvalue weighted by atomic mass is 10.1. The molecular formula is C15H14Cl2N2O. The van der Waals surface area contributed by atoms with E-state index in [1.54, 1.807) is 18.2 Å². The van der Waals surface area contributed by atoms with Crippen molar-refractivity contribution < 1.29 is 4.79 Å². The van der Waals surface area contributed by atoms with Crippen LogP contribution in [0.4, 0.5) is 0 Å². The highest BCUT2D eigenvalue weighted by molar-refractivity contribution is 6.43. The van der Waals surface area contributed by atoms with E-state index in [0.717, 1.165) is 5.56 Å². The standard InChI is InChI=1S/C15H14Cl2N2O/c16-12-8-4-7-11(14(12)17)15(20)19-9-13(18)10-5-2-1-3-6-10/h1-8,13H,9,18H2,(H,19,20). The molecule has 2 aromatic rings. The van der Waals surface area contributed by atoms with Crippen LogP contribution in [-0.4, -0.2) is 12.5 Å². The molecule has 0 heterocycles. The van der Waals surface area contributed by atoms with Crippen molar-refractivity contribution in [3.8, 4) is 0 Å². The number of amides is 1. The zero-order valence-corrected chi connectivity index (χ0v) is 12.2. The van der Waals surface area contributed by atoms with Crippen LogP contribution in [0.3, 0.4) is 0 Å². The minimum absolute atomic E-state index is 0.250. The number of carbonyl (C=O) groups is 1. The molecule has 1 atom stereocenters. The Hall–Kier alpha value is -1.55. The minimum atomic E-state index is -0.288. The zero-order chi connectivity index (χ0) is 14.5. The van der Waals surface area contributed by atoms with Gasteiger partial charge in [-0.15, -0.1) is 0 Å². The zero-order valence-electron chi connectivity index (χ0n) is 10.6. The van der Waals surface area contributed by atoms with Gasteiger partial charge in [-0.2, -0.15) is 0 Å². The minimum Gasteiger partial charge on any atom is -0.350 e. The summed E-state index contributed by atoms with van der Waals surface area (Å²) in [5, 5.41) is 3.36. The van der Waals surface area contributed by atoms with Gasteiger partial charge in [0.15, 0.2) is 0 Å². The highest BCUT2D eigenvalue weighted by atomic mass is 35.5. The van der Waals surface area contributed by atoms with E-state index in [1.165, 1.54) is 0 Å². The molecule has 0 fully saturated rings. The first-order chi connectivity index (χ1) is 9.59. The van der Waals surface area contributed by atoms with E-state index < -0.39 is 0 Å². The van der Waals surface area contributed by atoms with Crippen molar-refractivity contribution in [1.29, 1.82) is 0 Å². The van der Waals surface area contributed by atoms with Crippen molar-refractivity contribution in [3.05, 3.63) is 69.7 Å². The maximum Gasteiger partial charge on any atom is 0.252 e. The van der Waals surface area contributed by atoms with Crippen molar-refractivity contribution in [2.75, 3.05) is 6.54 Å². The topological polar surface area (TPSA) is 55.1 Å². The van der Waals surface area contributed by atoms with E-state index in [2.05, 4.69) is 5.32 Å². The number of benzene rings is 2. The maximum atomic E-state index is 12.0. The first-order valence-electron chi connectivity index (χ1n) is 6.12. The van der Waals surface area contributed by atoms with Gasteiger partial charge in [-0.3, -0.25) is 4.79 Å². The summed E-state index contributed by atoms with van der Waals surface area (Å²) in [5.41, 5.74) is 7.33. The molecule has 0 aliphatic rings. The number of hydrogen-bond acceptors (Lipinski definition) is 2. The predicted molar refractivity (Wildman–Crippen MR) is 82.2 cm³/mol. The Morgan fingerprint density at radius 1 is 1.10 bits per heavy atom. The molecule has 2 rings (SSSR count). The highest BCUT2D eigenvalue weighted by Gasteiger charge is 2.13. The molecule has 0 aliphatic carbocycles. The molecule has 0 aromatic heterocycles. The van der Waals surface area contributed by atoms with Gasteiger partial charge in [0.25, 0.3) is 5.91 Å². The van der Waals surface area contributed by atoms with E-state index in [0.29, 0.717) is 17.1 Å². The van der Waals surface area contributed by atoms with Crippen LogP contribution in [0.1, 0.15) is 22.0 Å². The highest BCUT2D eigenvalue weighted by Crippen LogP contribution is 2.25. The van der Waals surface area contributed by atoms with Gasteiger partial charge in [-0.05, 0) is 17.7 Å². The number of rotatable bonds is 4. The molecule has 0 radical (unpaired) electrons. The Bertz CT molecular complexity index is 602. The van der Waals surface area contributed by atoms with Crippen molar-refractivity contribution in [2.24, 2.45) is 5.73 Å². The molecule has 0 aliphatic heterocycles. The number of carbonyl (C=O) groups excluding carboxylic acids is 1. The molecule has 0 spiro atoms. The lowest BCUT2D eigenvalue weighted by Crippen LogP contribution is -2.32. The number of nitrogens with one attached hydrogen (secondary N) is 1. The third-order valence-corrected chi connectivity index (χ3v) is 3.73. The van der Waals surface area contributed by atoms with Crippen LogP contribution in [-0.2, 0) is 0 Å². The second kappa shape index (κ2) is 6.75. The molecule has 2 aromatic carbocycles. The SMILES string of the molecule is NC(CNC(=O)c1cccc(Cl)c1Cl)c1ccccc1. The molecule has 1 unspecified atom stereocenters. The quantitative estimate of drug-likeness (QED) is 0.909. The van der Waals surface area contributed by atoms with Gasteiger partial charge >= 0.3 is 0 Å².